The summed E-state index contributed by atoms with van der Waals surface area (Å²) in [6, 6.07) is 13.3. The number of para-hydroxylation sites is 1. The summed E-state index contributed by atoms with van der Waals surface area (Å²) in [7, 11) is 1.84. The Kier molecular flexibility index (Phi) is 5.64. The number of carbonyl (C=O) groups is 1. The van der Waals surface area contributed by atoms with E-state index in [-0.39, 0.29) is 24.9 Å². The van der Waals surface area contributed by atoms with E-state index in [1.807, 2.05) is 35.9 Å². The molecule has 0 spiro atoms. The first-order valence-corrected chi connectivity index (χ1v) is 9.86. The Hall–Kier alpha value is -3.10. The molecule has 0 bridgehead atoms. The van der Waals surface area contributed by atoms with Gasteiger partial charge in [-0.25, -0.2) is 14.4 Å². The number of amides is 1. The molecular weight excluding hydrogens is 391 g/mol. The van der Waals surface area contributed by atoms with Crippen molar-refractivity contribution in [2.45, 2.75) is 12.6 Å². The van der Waals surface area contributed by atoms with Gasteiger partial charge in [-0.2, -0.15) is 0 Å². The number of nitrogens with one attached hydrogen (secondary N) is 1. The first-order chi connectivity index (χ1) is 14.1. The number of hydrogen-bond donors (Lipinski definition) is 1. The number of aryl methyl sites for hydroxylation is 1. The van der Waals surface area contributed by atoms with Gasteiger partial charge >= 0.3 is 0 Å². The molecule has 1 N–H and O–H groups in total. The molecule has 2 aromatic heterocycles. The maximum Gasteiger partial charge on any atom is 0.246 e. The van der Waals surface area contributed by atoms with Gasteiger partial charge in [-0.3, -0.25) is 4.79 Å². The molecule has 4 rings (SSSR count). The van der Waals surface area contributed by atoms with Gasteiger partial charge in [-0.1, -0.05) is 24.3 Å². The largest absolute Gasteiger partial charge is 0.364 e. The molecule has 1 atom stereocenters. The highest BCUT2D eigenvalue weighted by atomic mass is 32.1. The Morgan fingerprint density at radius 1 is 1.24 bits per heavy atom. The summed E-state index contributed by atoms with van der Waals surface area (Å²) in [6.45, 7) is 0.147. The zero-order valence-corrected chi connectivity index (χ0v) is 16.5. The number of ether oxygens (including phenoxy) is 1. The van der Waals surface area contributed by atoms with Crippen LogP contribution in [0, 0.1) is 5.82 Å². The van der Waals surface area contributed by atoms with E-state index in [0.717, 1.165) is 20.8 Å². The number of imidazole rings is 1. The van der Waals surface area contributed by atoms with E-state index in [1.165, 1.54) is 12.1 Å². The van der Waals surface area contributed by atoms with Crippen LogP contribution in [0.2, 0.25) is 0 Å². The van der Waals surface area contributed by atoms with Gasteiger partial charge in [0.25, 0.3) is 0 Å². The van der Waals surface area contributed by atoms with Crippen molar-refractivity contribution in [3.8, 4) is 0 Å². The minimum Gasteiger partial charge on any atom is -0.364 e. The SMILES string of the molecule is Cn1ccnc1[C@H](NC(=O)COCc1nc2ccccc2s1)c1ccc(F)cc1. The third-order valence-electron chi connectivity index (χ3n) is 4.42. The van der Waals surface area contributed by atoms with Crippen LogP contribution in [-0.4, -0.2) is 27.0 Å². The fraction of sp³-hybridized carbons (Fsp3) is 0.190. The first-order valence-electron chi connectivity index (χ1n) is 9.04. The van der Waals surface area contributed by atoms with Crippen molar-refractivity contribution < 1.29 is 13.9 Å². The van der Waals surface area contributed by atoms with Gasteiger partial charge in [0.1, 0.15) is 29.3 Å². The summed E-state index contributed by atoms with van der Waals surface area (Å²) >= 11 is 1.54. The predicted octanol–water partition coefficient (Wildman–Crippen LogP) is 3.59. The van der Waals surface area contributed by atoms with Crippen LogP contribution in [0.15, 0.2) is 60.9 Å². The summed E-state index contributed by atoms with van der Waals surface area (Å²) in [6.07, 6.45) is 3.45. The van der Waals surface area contributed by atoms with E-state index in [2.05, 4.69) is 15.3 Å². The minimum absolute atomic E-state index is 0.113. The lowest BCUT2D eigenvalue weighted by Gasteiger charge is -2.19. The third-order valence-corrected chi connectivity index (χ3v) is 5.43. The van der Waals surface area contributed by atoms with Crippen LogP contribution < -0.4 is 5.32 Å². The molecule has 4 aromatic rings. The average Bonchev–Trinajstić information content (AvgIpc) is 3.32. The standard InChI is InChI=1S/C21H19FN4O2S/c1-26-11-10-23-21(26)20(14-6-8-15(22)9-7-14)25-18(27)12-28-13-19-24-16-4-2-3-5-17(16)29-19/h2-11,20H,12-13H2,1H3,(H,25,27)/t20-/m1/s1. The molecule has 29 heavy (non-hydrogen) atoms. The van der Waals surface area contributed by atoms with E-state index in [4.69, 9.17) is 4.74 Å². The van der Waals surface area contributed by atoms with Crippen LogP contribution in [0.4, 0.5) is 4.39 Å². The van der Waals surface area contributed by atoms with Crippen molar-refractivity contribution >= 4 is 27.5 Å². The molecule has 148 valence electrons. The number of fused-ring (bicyclic) bond motifs is 1. The number of carbonyl (C=O) groups excluding carboxylic acids is 1. The lowest BCUT2D eigenvalue weighted by Crippen LogP contribution is -2.33. The number of aromatic nitrogens is 3. The lowest BCUT2D eigenvalue weighted by atomic mass is 10.1. The zero-order chi connectivity index (χ0) is 20.2. The summed E-state index contributed by atoms with van der Waals surface area (Å²) in [5.74, 6) is 0.0254. The Morgan fingerprint density at radius 3 is 2.76 bits per heavy atom. The lowest BCUT2D eigenvalue weighted by molar-refractivity contribution is -0.126. The van der Waals surface area contributed by atoms with Gasteiger partial charge in [-0.05, 0) is 29.8 Å². The van der Waals surface area contributed by atoms with Crippen LogP contribution in [0.25, 0.3) is 10.2 Å². The van der Waals surface area contributed by atoms with Gasteiger partial charge < -0.3 is 14.6 Å². The molecule has 0 saturated heterocycles. The van der Waals surface area contributed by atoms with Crippen molar-refractivity contribution in [2.24, 2.45) is 7.05 Å². The maximum absolute atomic E-state index is 13.3. The van der Waals surface area contributed by atoms with Crippen LogP contribution in [0.1, 0.15) is 22.4 Å². The molecule has 0 fully saturated rings. The molecule has 1 amide bonds. The highest BCUT2D eigenvalue weighted by Crippen LogP contribution is 2.23. The number of nitrogens with zero attached hydrogens (tertiary/aromatic N) is 3. The van der Waals surface area contributed by atoms with Crippen LogP contribution >= 0.6 is 11.3 Å². The molecule has 0 unspecified atom stereocenters. The summed E-state index contributed by atoms with van der Waals surface area (Å²) in [4.78, 5) is 21.3. The minimum atomic E-state index is -0.505. The van der Waals surface area contributed by atoms with Gasteiger partial charge in [0.15, 0.2) is 0 Å². The Labute approximate surface area is 171 Å². The summed E-state index contributed by atoms with van der Waals surface area (Å²) in [5.41, 5.74) is 1.66. The fourth-order valence-corrected chi connectivity index (χ4v) is 3.93. The zero-order valence-electron chi connectivity index (χ0n) is 15.7. The number of thiazole rings is 1. The summed E-state index contributed by atoms with van der Waals surface area (Å²) < 4.78 is 21.8. The Balaban J connectivity index is 1.41. The second-order valence-corrected chi connectivity index (χ2v) is 7.63. The molecular formula is C21H19FN4O2S. The number of hydrogen-bond acceptors (Lipinski definition) is 5. The second kappa shape index (κ2) is 8.50. The quantitative estimate of drug-likeness (QED) is 0.506. The normalized spacial score (nSPS) is 12.2. The molecule has 2 aromatic carbocycles. The number of halogens is 1. The molecule has 0 aliphatic heterocycles. The molecule has 2 heterocycles. The van der Waals surface area contributed by atoms with Crippen LogP contribution in [-0.2, 0) is 23.2 Å². The van der Waals surface area contributed by atoms with E-state index in [9.17, 15) is 9.18 Å². The van der Waals surface area contributed by atoms with Crippen LogP contribution in [0.5, 0.6) is 0 Å². The van der Waals surface area contributed by atoms with Gasteiger partial charge in [0.05, 0.1) is 16.8 Å². The smallest absolute Gasteiger partial charge is 0.246 e. The number of benzene rings is 2. The van der Waals surface area contributed by atoms with E-state index < -0.39 is 6.04 Å². The summed E-state index contributed by atoms with van der Waals surface area (Å²) in [5, 5.41) is 3.74. The molecule has 0 radical (unpaired) electrons. The second-order valence-electron chi connectivity index (χ2n) is 6.52. The highest BCUT2D eigenvalue weighted by Gasteiger charge is 2.21. The van der Waals surface area contributed by atoms with E-state index >= 15 is 0 Å². The van der Waals surface area contributed by atoms with Crippen LogP contribution in [0.3, 0.4) is 0 Å². The maximum atomic E-state index is 13.3. The van der Waals surface area contributed by atoms with Crippen molar-refractivity contribution in [3.63, 3.8) is 0 Å². The molecule has 6 nitrogen and oxygen atoms in total. The number of rotatable bonds is 7. The highest BCUT2D eigenvalue weighted by molar-refractivity contribution is 7.18. The van der Waals surface area contributed by atoms with E-state index in [0.29, 0.717) is 5.82 Å². The predicted molar refractivity (Wildman–Crippen MR) is 109 cm³/mol. The van der Waals surface area contributed by atoms with Crippen molar-refractivity contribution in [2.75, 3.05) is 6.61 Å². The van der Waals surface area contributed by atoms with Gasteiger partial charge in [-0.15, -0.1) is 11.3 Å². The Bertz CT molecular complexity index is 1090. The average molecular weight is 410 g/mol. The monoisotopic (exact) mass is 410 g/mol. The first kappa shape index (κ1) is 19.2. The fourth-order valence-electron chi connectivity index (χ4n) is 3.02. The van der Waals surface area contributed by atoms with Crippen molar-refractivity contribution in [1.82, 2.24) is 19.9 Å². The van der Waals surface area contributed by atoms with Gasteiger partial charge in [0, 0.05) is 19.4 Å². The van der Waals surface area contributed by atoms with Crippen molar-refractivity contribution in [3.05, 3.63) is 83.1 Å². The topological polar surface area (TPSA) is 69.0 Å². The van der Waals surface area contributed by atoms with Crippen molar-refractivity contribution in [1.29, 1.82) is 0 Å². The Morgan fingerprint density at radius 2 is 2.03 bits per heavy atom. The molecule has 0 aliphatic carbocycles. The molecule has 0 aliphatic rings. The van der Waals surface area contributed by atoms with Gasteiger partial charge in [0.2, 0.25) is 5.91 Å². The molecule has 0 saturated carbocycles. The van der Waals surface area contributed by atoms with E-state index in [1.54, 1.807) is 35.9 Å². The third kappa shape index (κ3) is 4.49. The molecule has 8 heteroatoms.